The van der Waals surface area contributed by atoms with Gasteiger partial charge in [-0.15, -0.1) is 0 Å². The van der Waals surface area contributed by atoms with Crippen LogP contribution >= 0.6 is 0 Å². The molecular weight excluding hydrogens is 835 g/mol. The Hall–Kier alpha value is -8.98. The average Bonchev–Trinajstić information content (AvgIpc) is 3.96. The largest absolute Gasteiger partial charge is 0.456 e. The molecule has 2 nitrogen and oxygen atoms in total. The summed E-state index contributed by atoms with van der Waals surface area (Å²) in [7, 11) is 0. The Morgan fingerprint density at radius 3 is 1.43 bits per heavy atom. The SMILES string of the molecule is c1ccc(-c2ccc(-c3ccc(N(c4cccc(-c5ccc6oc7ccccc7c6c5)c4)c4cccc(-c5cccc6c5-c5ccccc5C6(c5ccccc5)c5ccccc5)c4)cc3)cc2)cc1. The van der Waals surface area contributed by atoms with Crippen molar-refractivity contribution in [3.05, 3.63) is 295 Å². The van der Waals surface area contributed by atoms with E-state index in [1.165, 1.54) is 61.2 Å². The van der Waals surface area contributed by atoms with Crippen molar-refractivity contribution in [2.75, 3.05) is 4.90 Å². The Morgan fingerprint density at radius 1 is 0.275 bits per heavy atom. The highest BCUT2D eigenvalue weighted by Crippen LogP contribution is 2.58. The van der Waals surface area contributed by atoms with Crippen LogP contribution in [-0.4, -0.2) is 0 Å². The summed E-state index contributed by atoms with van der Waals surface area (Å²) in [6.45, 7) is 0. The molecule has 324 valence electrons. The molecule has 1 heterocycles. The van der Waals surface area contributed by atoms with Crippen molar-refractivity contribution in [2.45, 2.75) is 5.41 Å². The zero-order valence-corrected chi connectivity index (χ0v) is 37.8. The first-order valence-electron chi connectivity index (χ1n) is 23.7. The van der Waals surface area contributed by atoms with E-state index < -0.39 is 5.41 Å². The van der Waals surface area contributed by atoms with Crippen LogP contribution in [0, 0.1) is 0 Å². The molecule has 0 radical (unpaired) electrons. The Morgan fingerprint density at radius 2 is 0.739 bits per heavy atom. The van der Waals surface area contributed by atoms with Crippen LogP contribution in [0.1, 0.15) is 22.3 Å². The summed E-state index contributed by atoms with van der Waals surface area (Å²) in [5.74, 6) is 0. The summed E-state index contributed by atoms with van der Waals surface area (Å²) >= 11 is 0. The number of rotatable bonds is 9. The molecular formula is C67H45NO. The molecule has 0 atom stereocenters. The van der Waals surface area contributed by atoms with Gasteiger partial charge in [-0.05, 0) is 132 Å². The van der Waals surface area contributed by atoms with E-state index in [-0.39, 0.29) is 0 Å². The molecule has 13 rings (SSSR count). The molecule has 0 bridgehead atoms. The highest BCUT2D eigenvalue weighted by molar-refractivity contribution is 6.06. The second-order valence-electron chi connectivity index (χ2n) is 18.0. The number of para-hydroxylation sites is 1. The summed E-state index contributed by atoms with van der Waals surface area (Å²) in [6, 6.07) is 99.3. The molecule has 2 heteroatoms. The van der Waals surface area contributed by atoms with Crippen molar-refractivity contribution < 1.29 is 4.42 Å². The molecule has 1 aliphatic carbocycles. The smallest absolute Gasteiger partial charge is 0.135 e. The van der Waals surface area contributed by atoms with Gasteiger partial charge < -0.3 is 9.32 Å². The third-order valence-electron chi connectivity index (χ3n) is 14.2. The van der Waals surface area contributed by atoms with Crippen LogP contribution in [0.15, 0.2) is 277 Å². The van der Waals surface area contributed by atoms with Crippen molar-refractivity contribution >= 4 is 39.0 Å². The van der Waals surface area contributed by atoms with Gasteiger partial charge >= 0.3 is 0 Å². The Labute approximate surface area is 402 Å². The van der Waals surface area contributed by atoms with Gasteiger partial charge in [0.2, 0.25) is 0 Å². The van der Waals surface area contributed by atoms with E-state index in [2.05, 4.69) is 266 Å². The molecule has 69 heavy (non-hydrogen) atoms. The van der Waals surface area contributed by atoms with Crippen molar-refractivity contribution in [3.63, 3.8) is 0 Å². The number of anilines is 3. The lowest BCUT2D eigenvalue weighted by atomic mass is 9.67. The fourth-order valence-corrected chi connectivity index (χ4v) is 11.0. The molecule has 0 fully saturated rings. The standard InChI is InChI=1S/C67H45NO/c1-4-17-46(18-5-1)47-33-35-48(36-34-47)49-37-40-55(41-38-49)68(56-25-14-19-50(43-56)51-39-42-65-61(45-51)59-27-11-13-32-64(59)69-65)57-26-15-20-52(44-57)58-29-16-31-63-66(58)60-28-10-12-30-62(60)67(63,53-21-6-2-7-22-53)54-23-8-3-9-24-54/h1-45H. The molecule has 0 aliphatic heterocycles. The third-order valence-corrected chi connectivity index (χ3v) is 14.2. The lowest BCUT2D eigenvalue weighted by Crippen LogP contribution is -2.28. The van der Waals surface area contributed by atoms with Gasteiger partial charge in [0.25, 0.3) is 0 Å². The minimum atomic E-state index is -0.482. The lowest BCUT2D eigenvalue weighted by Gasteiger charge is -2.34. The zero-order valence-electron chi connectivity index (χ0n) is 37.8. The van der Waals surface area contributed by atoms with Crippen LogP contribution in [0.25, 0.3) is 77.6 Å². The second kappa shape index (κ2) is 16.7. The first-order chi connectivity index (χ1) is 34.2. The Kier molecular flexibility index (Phi) is 9.77. The molecule has 0 saturated heterocycles. The fraction of sp³-hybridized carbons (Fsp3) is 0.0149. The normalized spacial score (nSPS) is 12.5. The molecule has 0 saturated carbocycles. The summed E-state index contributed by atoms with van der Waals surface area (Å²) in [4.78, 5) is 2.40. The van der Waals surface area contributed by atoms with E-state index in [9.17, 15) is 0 Å². The van der Waals surface area contributed by atoms with Gasteiger partial charge in [0.05, 0.1) is 5.41 Å². The molecule has 0 amide bonds. The fourth-order valence-electron chi connectivity index (χ4n) is 11.0. The minimum absolute atomic E-state index is 0.482. The van der Waals surface area contributed by atoms with Gasteiger partial charge in [-0.25, -0.2) is 0 Å². The van der Waals surface area contributed by atoms with Crippen LogP contribution in [0.4, 0.5) is 17.1 Å². The topological polar surface area (TPSA) is 16.4 Å². The van der Waals surface area contributed by atoms with E-state index >= 15 is 0 Å². The van der Waals surface area contributed by atoms with Gasteiger partial charge in [0.15, 0.2) is 0 Å². The average molecular weight is 880 g/mol. The lowest BCUT2D eigenvalue weighted by molar-refractivity contribution is 0.669. The zero-order chi connectivity index (χ0) is 45.7. The minimum Gasteiger partial charge on any atom is -0.456 e. The van der Waals surface area contributed by atoms with Crippen molar-refractivity contribution in [1.29, 1.82) is 0 Å². The maximum Gasteiger partial charge on any atom is 0.135 e. The third kappa shape index (κ3) is 6.80. The Balaban J connectivity index is 0.954. The van der Waals surface area contributed by atoms with Gasteiger partial charge in [-0.3, -0.25) is 0 Å². The van der Waals surface area contributed by atoms with Crippen LogP contribution in [0.3, 0.4) is 0 Å². The molecule has 0 unspecified atom stereocenters. The molecule has 0 N–H and O–H groups in total. The van der Waals surface area contributed by atoms with E-state index in [4.69, 9.17) is 4.42 Å². The first kappa shape index (κ1) is 40.3. The van der Waals surface area contributed by atoms with Gasteiger partial charge in [0.1, 0.15) is 11.2 Å². The molecule has 11 aromatic carbocycles. The summed E-state index contributed by atoms with van der Waals surface area (Å²) < 4.78 is 6.23. The number of hydrogen-bond acceptors (Lipinski definition) is 2. The quantitative estimate of drug-likeness (QED) is 0.144. The van der Waals surface area contributed by atoms with Gasteiger partial charge in [-0.1, -0.05) is 218 Å². The maximum absolute atomic E-state index is 6.23. The van der Waals surface area contributed by atoms with Gasteiger partial charge in [0, 0.05) is 27.8 Å². The van der Waals surface area contributed by atoms with E-state index in [0.29, 0.717) is 0 Å². The van der Waals surface area contributed by atoms with Crippen molar-refractivity contribution in [1.82, 2.24) is 0 Å². The summed E-state index contributed by atoms with van der Waals surface area (Å²) in [5, 5.41) is 2.24. The van der Waals surface area contributed by atoms with Crippen LogP contribution in [0.5, 0.6) is 0 Å². The summed E-state index contributed by atoms with van der Waals surface area (Å²) in [6.07, 6.45) is 0. The highest BCUT2D eigenvalue weighted by Gasteiger charge is 2.46. The highest BCUT2D eigenvalue weighted by atomic mass is 16.3. The first-order valence-corrected chi connectivity index (χ1v) is 23.7. The van der Waals surface area contributed by atoms with E-state index in [1.807, 2.05) is 12.1 Å². The number of hydrogen-bond donors (Lipinski definition) is 0. The predicted molar refractivity (Wildman–Crippen MR) is 287 cm³/mol. The van der Waals surface area contributed by atoms with Crippen molar-refractivity contribution in [2.24, 2.45) is 0 Å². The predicted octanol–water partition coefficient (Wildman–Crippen LogP) is 18.1. The molecule has 1 aromatic heterocycles. The van der Waals surface area contributed by atoms with Crippen LogP contribution < -0.4 is 4.90 Å². The molecule has 1 aliphatic rings. The molecule has 12 aromatic rings. The number of furan rings is 1. The number of fused-ring (bicyclic) bond motifs is 6. The van der Waals surface area contributed by atoms with Crippen LogP contribution in [0.2, 0.25) is 0 Å². The van der Waals surface area contributed by atoms with Crippen LogP contribution in [-0.2, 0) is 5.41 Å². The number of benzene rings is 11. The van der Waals surface area contributed by atoms with E-state index in [1.54, 1.807) is 0 Å². The maximum atomic E-state index is 6.23. The monoisotopic (exact) mass is 879 g/mol. The second-order valence-corrected chi connectivity index (χ2v) is 18.0. The molecule has 0 spiro atoms. The van der Waals surface area contributed by atoms with E-state index in [0.717, 1.165) is 55.7 Å². The number of nitrogens with zero attached hydrogens (tertiary/aromatic N) is 1. The van der Waals surface area contributed by atoms with Crippen molar-refractivity contribution in [3.8, 4) is 55.6 Å². The summed E-state index contributed by atoms with van der Waals surface area (Å²) in [5.41, 5.74) is 21.6. The Bertz CT molecular complexity index is 3780. The van der Waals surface area contributed by atoms with Gasteiger partial charge in [-0.2, -0.15) is 0 Å².